The summed E-state index contributed by atoms with van der Waals surface area (Å²) in [5, 5.41) is 14.9. The van der Waals surface area contributed by atoms with Crippen LogP contribution in [0.15, 0.2) is 90.0 Å². The number of urea groups is 1. The SMILES string of the molecule is NS(=O)(=O)c1ccc(-n2ncc(NC(=O)Nc3ccc(F)cc3)c2-c2ccccc2)cc1. The van der Waals surface area contributed by atoms with Crippen LogP contribution in [0.4, 0.5) is 20.6 Å². The number of sulfonamides is 1. The topological polar surface area (TPSA) is 119 Å². The molecule has 3 aromatic carbocycles. The van der Waals surface area contributed by atoms with Crippen molar-refractivity contribution >= 4 is 27.4 Å². The van der Waals surface area contributed by atoms with E-state index < -0.39 is 21.9 Å². The minimum absolute atomic E-state index is 0.0216. The maximum Gasteiger partial charge on any atom is 0.323 e. The van der Waals surface area contributed by atoms with Gasteiger partial charge in [0.05, 0.1) is 28.2 Å². The maximum atomic E-state index is 13.1. The molecule has 2 amide bonds. The summed E-state index contributed by atoms with van der Waals surface area (Å²) < 4.78 is 37.8. The fourth-order valence-electron chi connectivity index (χ4n) is 3.10. The average Bonchev–Trinajstić information content (AvgIpc) is 3.19. The Morgan fingerprint density at radius 3 is 2.19 bits per heavy atom. The molecule has 1 heterocycles. The molecule has 1 aromatic heterocycles. The lowest BCUT2D eigenvalue weighted by Crippen LogP contribution is -2.19. The number of nitrogens with zero attached hydrogens (tertiary/aromatic N) is 2. The molecule has 32 heavy (non-hydrogen) atoms. The summed E-state index contributed by atoms with van der Waals surface area (Å²) in [7, 11) is -3.83. The minimum Gasteiger partial charge on any atom is -0.308 e. The Labute approximate surface area is 183 Å². The fraction of sp³-hybridized carbons (Fsp3) is 0. The Kier molecular flexibility index (Phi) is 5.71. The number of rotatable bonds is 5. The van der Waals surface area contributed by atoms with Gasteiger partial charge in [-0.15, -0.1) is 0 Å². The summed E-state index contributed by atoms with van der Waals surface area (Å²) in [6, 6.07) is 20.0. The molecule has 4 rings (SSSR count). The molecule has 0 aliphatic rings. The molecule has 0 unspecified atom stereocenters. The third-order valence-corrected chi connectivity index (χ3v) is 5.51. The molecule has 0 bridgehead atoms. The molecule has 0 atom stereocenters. The number of carbonyl (C=O) groups is 1. The Morgan fingerprint density at radius 1 is 0.906 bits per heavy atom. The second-order valence-corrected chi connectivity index (χ2v) is 8.37. The molecule has 0 spiro atoms. The van der Waals surface area contributed by atoms with E-state index in [0.717, 1.165) is 5.56 Å². The van der Waals surface area contributed by atoms with Crippen LogP contribution in [0.5, 0.6) is 0 Å². The fourth-order valence-corrected chi connectivity index (χ4v) is 3.62. The van der Waals surface area contributed by atoms with E-state index in [1.165, 1.54) is 42.6 Å². The zero-order valence-corrected chi connectivity index (χ0v) is 17.4. The van der Waals surface area contributed by atoms with Gasteiger partial charge in [-0.05, 0) is 48.5 Å². The predicted octanol–water partition coefficient (Wildman–Crippen LogP) is 3.97. The minimum atomic E-state index is -3.83. The number of amides is 2. The molecule has 10 heteroatoms. The first-order valence-corrected chi connectivity index (χ1v) is 11.0. The molecule has 4 N–H and O–H groups in total. The summed E-state index contributed by atoms with van der Waals surface area (Å²) in [5.41, 5.74) is 2.78. The first-order chi connectivity index (χ1) is 15.3. The van der Waals surface area contributed by atoms with E-state index >= 15 is 0 Å². The number of nitrogens with two attached hydrogens (primary N) is 1. The van der Waals surface area contributed by atoms with Crippen molar-refractivity contribution in [2.24, 2.45) is 5.14 Å². The number of aromatic nitrogens is 2. The van der Waals surface area contributed by atoms with Gasteiger partial charge in [0.15, 0.2) is 0 Å². The van der Waals surface area contributed by atoms with Crippen molar-refractivity contribution in [3.05, 3.63) is 90.9 Å². The van der Waals surface area contributed by atoms with Gasteiger partial charge in [-0.2, -0.15) is 5.10 Å². The third-order valence-electron chi connectivity index (χ3n) is 4.58. The van der Waals surface area contributed by atoms with Crippen molar-refractivity contribution in [1.29, 1.82) is 0 Å². The highest BCUT2D eigenvalue weighted by atomic mass is 32.2. The third kappa shape index (κ3) is 4.66. The summed E-state index contributed by atoms with van der Waals surface area (Å²) in [5.74, 6) is -0.406. The first-order valence-electron chi connectivity index (χ1n) is 9.41. The molecule has 0 aliphatic carbocycles. The molecule has 0 fully saturated rings. The number of carbonyl (C=O) groups excluding carboxylic acids is 1. The summed E-state index contributed by atoms with van der Waals surface area (Å²) in [6.07, 6.45) is 1.49. The van der Waals surface area contributed by atoms with E-state index in [-0.39, 0.29) is 4.90 Å². The zero-order valence-electron chi connectivity index (χ0n) is 16.6. The van der Waals surface area contributed by atoms with Gasteiger partial charge in [0, 0.05) is 11.3 Å². The van der Waals surface area contributed by atoms with Gasteiger partial charge in [-0.25, -0.2) is 27.4 Å². The number of nitrogens with one attached hydrogen (secondary N) is 2. The number of hydrogen-bond acceptors (Lipinski definition) is 4. The molecule has 8 nitrogen and oxygen atoms in total. The Hall–Kier alpha value is -4.02. The lowest BCUT2D eigenvalue weighted by Gasteiger charge is -2.12. The van der Waals surface area contributed by atoms with Crippen LogP contribution in [-0.2, 0) is 10.0 Å². The van der Waals surface area contributed by atoms with Gasteiger partial charge in [0.25, 0.3) is 0 Å². The zero-order chi connectivity index (χ0) is 22.7. The van der Waals surface area contributed by atoms with Crippen molar-refractivity contribution in [1.82, 2.24) is 9.78 Å². The van der Waals surface area contributed by atoms with E-state index in [4.69, 9.17) is 5.14 Å². The quantitative estimate of drug-likeness (QED) is 0.425. The van der Waals surface area contributed by atoms with Gasteiger partial charge in [0.2, 0.25) is 10.0 Å². The van der Waals surface area contributed by atoms with Crippen LogP contribution < -0.4 is 15.8 Å². The monoisotopic (exact) mass is 451 g/mol. The van der Waals surface area contributed by atoms with Gasteiger partial charge in [-0.1, -0.05) is 30.3 Å². The summed E-state index contributed by atoms with van der Waals surface area (Å²) in [4.78, 5) is 12.5. The van der Waals surface area contributed by atoms with Gasteiger partial charge in [-0.3, -0.25) is 0 Å². The largest absolute Gasteiger partial charge is 0.323 e. The van der Waals surface area contributed by atoms with Crippen LogP contribution in [0.1, 0.15) is 0 Å². The highest BCUT2D eigenvalue weighted by molar-refractivity contribution is 7.89. The average molecular weight is 451 g/mol. The van der Waals surface area contributed by atoms with Crippen LogP contribution in [-0.4, -0.2) is 24.2 Å². The summed E-state index contributed by atoms with van der Waals surface area (Å²) in [6.45, 7) is 0. The number of anilines is 2. The standard InChI is InChI=1S/C22H18FN5O3S/c23-16-6-8-17(9-7-16)26-22(29)27-20-14-25-28(21(20)15-4-2-1-3-5-15)18-10-12-19(13-11-18)32(24,30)31/h1-14H,(H2,24,30,31)(H2,26,27,29). The molecule has 0 radical (unpaired) electrons. The molecular weight excluding hydrogens is 433 g/mol. The lowest BCUT2D eigenvalue weighted by molar-refractivity contribution is 0.262. The first kappa shape index (κ1) is 21.2. The molecule has 0 saturated carbocycles. The summed E-state index contributed by atoms with van der Waals surface area (Å²) >= 11 is 0. The van der Waals surface area contributed by atoms with Crippen molar-refractivity contribution in [3.8, 4) is 16.9 Å². The number of primary sulfonamides is 1. The second-order valence-electron chi connectivity index (χ2n) is 6.81. The van der Waals surface area contributed by atoms with Crippen LogP contribution in [0.2, 0.25) is 0 Å². The maximum absolute atomic E-state index is 13.1. The van der Waals surface area contributed by atoms with Crippen LogP contribution in [0.3, 0.4) is 0 Å². The number of hydrogen-bond donors (Lipinski definition) is 3. The van der Waals surface area contributed by atoms with Gasteiger partial charge < -0.3 is 10.6 Å². The highest BCUT2D eigenvalue weighted by Gasteiger charge is 2.17. The van der Waals surface area contributed by atoms with E-state index in [2.05, 4.69) is 15.7 Å². The molecule has 162 valence electrons. The second kappa shape index (κ2) is 8.61. The van der Waals surface area contributed by atoms with Crippen molar-refractivity contribution in [2.75, 3.05) is 10.6 Å². The van der Waals surface area contributed by atoms with Crippen LogP contribution in [0.25, 0.3) is 16.9 Å². The Balaban J connectivity index is 1.68. The Morgan fingerprint density at radius 2 is 1.56 bits per heavy atom. The molecular formula is C22H18FN5O3S. The van der Waals surface area contributed by atoms with Crippen molar-refractivity contribution in [2.45, 2.75) is 4.90 Å². The van der Waals surface area contributed by atoms with E-state index in [1.807, 2.05) is 30.3 Å². The molecule has 0 saturated heterocycles. The molecule has 0 aliphatic heterocycles. The number of halogens is 1. The molecule has 4 aromatic rings. The lowest BCUT2D eigenvalue weighted by atomic mass is 10.1. The van der Waals surface area contributed by atoms with Crippen molar-refractivity contribution < 1.29 is 17.6 Å². The Bertz CT molecular complexity index is 1350. The van der Waals surface area contributed by atoms with E-state index in [0.29, 0.717) is 22.8 Å². The van der Waals surface area contributed by atoms with Crippen LogP contribution >= 0.6 is 0 Å². The van der Waals surface area contributed by atoms with Gasteiger partial charge >= 0.3 is 6.03 Å². The van der Waals surface area contributed by atoms with Gasteiger partial charge in [0.1, 0.15) is 5.82 Å². The predicted molar refractivity (Wildman–Crippen MR) is 119 cm³/mol. The number of benzene rings is 3. The van der Waals surface area contributed by atoms with E-state index in [9.17, 15) is 17.6 Å². The van der Waals surface area contributed by atoms with Crippen molar-refractivity contribution in [3.63, 3.8) is 0 Å². The van der Waals surface area contributed by atoms with E-state index in [1.54, 1.807) is 16.8 Å². The normalized spacial score (nSPS) is 11.2. The highest BCUT2D eigenvalue weighted by Crippen LogP contribution is 2.30. The smallest absolute Gasteiger partial charge is 0.308 e. The van der Waals surface area contributed by atoms with Crippen LogP contribution in [0, 0.1) is 5.82 Å².